The zero-order valence-corrected chi connectivity index (χ0v) is 8.90. The van der Waals surface area contributed by atoms with Crippen LogP contribution in [0.25, 0.3) is 10.1 Å². The predicted octanol–water partition coefficient (Wildman–Crippen LogP) is 2.96. The number of nitrogens with zero attached hydrogens (tertiary/aromatic N) is 1. The Morgan fingerprint density at radius 2 is 2.29 bits per heavy atom. The van der Waals surface area contributed by atoms with Crippen LogP contribution in [0.5, 0.6) is 5.06 Å². The van der Waals surface area contributed by atoms with Gasteiger partial charge in [0.05, 0.1) is 12.5 Å². The molecule has 0 saturated carbocycles. The molecule has 0 atom stereocenters. The lowest BCUT2D eigenvalue weighted by Gasteiger charge is -2.00. The lowest BCUT2D eigenvalue weighted by atomic mass is 10.1. The van der Waals surface area contributed by atoms with Crippen LogP contribution in [0.15, 0.2) is 23.1 Å². The number of thiophene rings is 1. The molecule has 70 valence electrons. The van der Waals surface area contributed by atoms with E-state index in [1.807, 2.05) is 12.1 Å². The van der Waals surface area contributed by atoms with Gasteiger partial charge in [-0.2, -0.15) is 5.26 Å². The second kappa shape index (κ2) is 3.52. The zero-order valence-electron chi connectivity index (χ0n) is 7.19. The number of aromatic hydroxyl groups is 1. The van der Waals surface area contributed by atoms with E-state index in [-0.39, 0.29) is 5.06 Å². The molecule has 0 amide bonds. The number of nitriles is 1. The lowest BCUT2D eigenvalue weighted by Crippen LogP contribution is -1.83. The van der Waals surface area contributed by atoms with Gasteiger partial charge in [0.1, 0.15) is 0 Å². The lowest BCUT2D eigenvalue weighted by molar-refractivity contribution is 0.491. The molecule has 2 aromatic rings. The van der Waals surface area contributed by atoms with Crippen LogP contribution in [0.1, 0.15) is 5.56 Å². The largest absolute Gasteiger partial charge is 0.499 e. The minimum Gasteiger partial charge on any atom is -0.499 e. The Morgan fingerprint density at radius 3 is 3.00 bits per heavy atom. The molecule has 1 heterocycles. The van der Waals surface area contributed by atoms with Gasteiger partial charge in [-0.25, -0.2) is 0 Å². The Bertz CT molecular complexity index is 525. The van der Waals surface area contributed by atoms with E-state index in [4.69, 9.17) is 5.26 Å². The highest BCUT2D eigenvalue weighted by Crippen LogP contribution is 2.35. The molecule has 0 radical (unpaired) electrons. The van der Waals surface area contributed by atoms with Crippen molar-refractivity contribution >= 4 is 34.1 Å². The SMILES string of the molecule is N#CCc1c(S)ccc2cc(O)sc12. The summed E-state index contributed by atoms with van der Waals surface area (Å²) in [5.41, 5.74) is 0.902. The fraction of sp³-hybridized carbons (Fsp3) is 0.100. The van der Waals surface area contributed by atoms with Crippen molar-refractivity contribution in [3.63, 3.8) is 0 Å². The molecule has 0 saturated heterocycles. The first-order chi connectivity index (χ1) is 6.72. The summed E-state index contributed by atoms with van der Waals surface area (Å²) >= 11 is 5.58. The van der Waals surface area contributed by atoms with Crippen molar-refractivity contribution in [3.8, 4) is 11.1 Å². The Morgan fingerprint density at radius 1 is 1.50 bits per heavy atom. The summed E-state index contributed by atoms with van der Waals surface area (Å²) in [6, 6.07) is 7.55. The highest BCUT2D eigenvalue weighted by Gasteiger charge is 2.08. The Labute approximate surface area is 90.8 Å². The third-order valence-corrected chi connectivity index (χ3v) is 3.44. The molecule has 1 aromatic carbocycles. The average Bonchev–Trinajstić information content (AvgIpc) is 2.51. The summed E-state index contributed by atoms with van der Waals surface area (Å²) in [6.07, 6.45) is 0.329. The van der Waals surface area contributed by atoms with E-state index >= 15 is 0 Å². The van der Waals surface area contributed by atoms with E-state index in [0.29, 0.717) is 6.42 Å². The van der Waals surface area contributed by atoms with Crippen molar-refractivity contribution in [2.45, 2.75) is 11.3 Å². The molecule has 0 spiro atoms. The van der Waals surface area contributed by atoms with Gasteiger partial charge in [0.15, 0.2) is 5.06 Å². The van der Waals surface area contributed by atoms with Crippen molar-refractivity contribution in [2.24, 2.45) is 0 Å². The summed E-state index contributed by atoms with van der Waals surface area (Å²) in [4.78, 5) is 0.806. The molecule has 4 heteroatoms. The van der Waals surface area contributed by atoms with Gasteiger partial charge in [-0.1, -0.05) is 17.4 Å². The monoisotopic (exact) mass is 221 g/mol. The van der Waals surface area contributed by atoms with Gasteiger partial charge in [-0.3, -0.25) is 0 Å². The second-order valence-electron chi connectivity index (χ2n) is 2.90. The maximum absolute atomic E-state index is 9.35. The Hall–Kier alpha value is -1.18. The van der Waals surface area contributed by atoms with E-state index in [9.17, 15) is 5.11 Å². The van der Waals surface area contributed by atoms with Crippen LogP contribution in [-0.2, 0) is 6.42 Å². The molecular formula is C10H7NOS2. The average molecular weight is 221 g/mol. The predicted molar refractivity (Wildman–Crippen MR) is 60.1 cm³/mol. The standard InChI is InChI=1S/C10H7NOS2/c11-4-3-7-8(13)2-1-6-5-9(12)14-10(6)7/h1-2,5,12-13H,3H2. The van der Waals surface area contributed by atoms with Crippen LogP contribution < -0.4 is 0 Å². The molecule has 2 nitrogen and oxygen atoms in total. The molecule has 0 unspecified atom stereocenters. The fourth-order valence-electron chi connectivity index (χ4n) is 1.39. The summed E-state index contributed by atoms with van der Waals surface area (Å²) < 4.78 is 0.955. The minimum atomic E-state index is 0.276. The third kappa shape index (κ3) is 1.45. The topological polar surface area (TPSA) is 44.0 Å². The van der Waals surface area contributed by atoms with Crippen LogP contribution in [0.3, 0.4) is 0 Å². The van der Waals surface area contributed by atoms with E-state index < -0.39 is 0 Å². The Balaban J connectivity index is 2.76. The number of hydrogen-bond donors (Lipinski definition) is 2. The maximum Gasteiger partial charge on any atom is 0.172 e. The Kier molecular flexibility index (Phi) is 2.36. The van der Waals surface area contributed by atoms with Crippen LogP contribution in [0, 0.1) is 11.3 Å². The van der Waals surface area contributed by atoms with Crippen LogP contribution in [0.2, 0.25) is 0 Å². The van der Waals surface area contributed by atoms with E-state index in [1.54, 1.807) is 6.07 Å². The summed E-state index contributed by atoms with van der Waals surface area (Å²) in [5, 5.41) is 19.3. The molecule has 0 fully saturated rings. The zero-order chi connectivity index (χ0) is 10.1. The summed E-state index contributed by atoms with van der Waals surface area (Å²) in [6.45, 7) is 0. The first-order valence-electron chi connectivity index (χ1n) is 4.02. The van der Waals surface area contributed by atoms with Gasteiger partial charge in [0, 0.05) is 9.60 Å². The van der Waals surface area contributed by atoms with Gasteiger partial charge in [0.2, 0.25) is 0 Å². The van der Waals surface area contributed by atoms with Crippen LogP contribution in [0.4, 0.5) is 0 Å². The molecule has 1 N–H and O–H groups in total. The molecule has 0 bridgehead atoms. The fourth-order valence-corrected chi connectivity index (χ4v) is 2.67. The van der Waals surface area contributed by atoms with Crippen molar-refractivity contribution in [3.05, 3.63) is 23.8 Å². The number of thiol groups is 1. The second-order valence-corrected chi connectivity index (χ2v) is 4.41. The molecular weight excluding hydrogens is 214 g/mol. The molecule has 0 aliphatic carbocycles. The normalized spacial score (nSPS) is 10.3. The van der Waals surface area contributed by atoms with Gasteiger partial charge in [-0.15, -0.1) is 12.6 Å². The first-order valence-corrected chi connectivity index (χ1v) is 5.29. The van der Waals surface area contributed by atoms with Crippen LogP contribution >= 0.6 is 24.0 Å². The molecule has 1 aromatic heterocycles. The van der Waals surface area contributed by atoms with Gasteiger partial charge in [0.25, 0.3) is 0 Å². The number of fused-ring (bicyclic) bond motifs is 1. The van der Waals surface area contributed by atoms with E-state index in [2.05, 4.69) is 18.7 Å². The van der Waals surface area contributed by atoms with Crippen molar-refractivity contribution < 1.29 is 5.11 Å². The molecule has 0 aliphatic heterocycles. The smallest absolute Gasteiger partial charge is 0.172 e. The third-order valence-electron chi connectivity index (χ3n) is 2.01. The van der Waals surface area contributed by atoms with Crippen molar-refractivity contribution in [2.75, 3.05) is 0 Å². The van der Waals surface area contributed by atoms with E-state index in [0.717, 1.165) is 20.5 Å². The molecule has 14 heavy (non-hydrogen) atoms. The number of rotatable bonds is 1. The van der Waals surface area contributed by atoms with Crippen molar-refractivity contribution in [1.82, 2.24) is 0 Å². The number of hydrogen-bond acceptors (Lipinski definition) is 4. The van der Waals surface area contributed by atoms with Gasteiger partial charge < -0.3 is 5.11 Å². The van der Waals surface area contributed by atoms with E-state index in [1.165, 1.54) is 11.3 Å². The first kappa shape index (κ1) is 9.38. The van der Waals surface area contributed by atoms with Crippen molar-refractivity contribution in [1.29, 1.82) is 5.26 Å². The quantitative estimate of drug-likeness (QED) is 0.727. The van der Waals surface area contributed by atoms with Crippen LogP contribution in [-0.4, -0.2) is 5.11 Å². The number of benzene rings is 1. The van der Waals surface area contributed by atoms with Gasteiger partial charge >= 0.3 is 0 Å². The highest BCUT2D eigenvalue weighted by atomic mass is 32.1. The summed E-state index contributed by atoms with van der Waals surface area (Å²) in [5.74, 6) is 0. The molecule has 2 rings (SSSR count). The maximum atomic E-state index is 9.35. The van der Waals surface area contributed by atoms with Gasteiger partial charge in [-0.05, 0) is 23.1 Å². The highest BCUT2D eigenvalue weighted by molar-refractivity contribution is 7.80. The minimum absolute atomic E-state index is 0.276. The summed E-state index contributed by atoms with van der Waals surface area (Å²) in [7, 11) is 0. The molecule has 0 aliphatic rings.